The molecule has 0 aliphatic carbocycles. The fraction of sp³-hybridized carbons (Fsp3) is 0.438. The van der Waals surface area contributed by atoms with Crippen LogP contribution in [0.2, 0.25) is 0 Å². The number of hydrogen-bond donors (Lipinski definition) is 0. The van der Waals surface area contributed by atoms with E-state index in [0.29, 0.717) is 23.5 Å². The molecule has 0 amide bonds. The van der Waals surface area contributed by atoms with E-state index in [0.717, 1.165) is 10.9 Å². The predicted molar refractivity (Wildman–Crippen MR) is 78.2 cm³/mol. The fourth-order valence-electron chi connectivity index (χ4n) is 2.58. The largest absolute Gasteiger partial charge is 0.496 e. The first-order valence-electron chi connectivity index (χ1n) is 6.82. The number of benzene rings is 1. The maximum Gasteiger partial charge on any atom is 0.336 e. The van der Waals surface area contributed by atoms with Crippen molar-refractivity contribution in [2.75, 3.05) is 14.2 Å². The molecule has 0 unspecified atom stereocenters. The minimum Gasteiger partial charge on any atom is -0.496 e. The van der Waals surface area contributed by atoms with Crippen LogP contribution in [0, 0.1) is 0 Å². The van der Waals surface area contributed by atoms with Crippen molar-refractivity contribution >= 4 is 11.0 Å². The zero-order chi connectivity index (χ0) is 15.2. The summed E-state index contributed by atoms with van der Waals surface area (Å²) in [6.45, 7) is 4.07. The highest BCUT2D eigenvalue weighted by atomic mass is 16.6. The molecule has 0 spiro atoms. The van der Waals surface area contributed by atoms with Crippen LogP contribution in [0.5, 0.6) is 11.5 Å². The molecular weight excluding hydrogens is 272 g/mol. The van der Waals surface area contributed by atoms with Gasteiger partial charge in [0.1, 0.15) is 17.1 Å². The average molecular weight is 290 g/mol. The van der Waals surface area contributed by atoms with Crippen LogP contribution in [0.3, 0.4) is 0 Å². The lowest BCUT2D eigenvalue weighted by Gasteiger charge is -2.13. The smallest absolute Gasteiger partial charge is 0.336 e. The van der Waals surface area contributed by atoms with E-state index >= 15 is 0 Å². The summed E-state index contributed by atoms with van der Waals surface area (Å²) >= 11 is 0. The molecule has 0 bridgehead atoms. The third-order valence-corrected chi connectivity index (χ3v) is 3.93. The molecule has 5 heteroatoms. The number of epoxide rings is 1. The van der Waals surface area contributed by atoms with Crippen molar-refractivity contribution in [1.29, 1.82) is 0 Å². The Hall–Kier alpha value is -2.01. The van der Waals surface area contributed by atoms with Crippen molar-refractivity contribution in [3.8, 4) is 11.5 Å². The van der Waals surface area contributed by atoms with Gasteiger partial charge in [0.25, 0.3) is 0 Å². The first-order valence-corrected chi connectivity index (χ1v) is 6.82. The molecule has 1 aliphatic rings. The highest BCUT2D eigenvalue weighted by Gasteiger charge is 2.48. The molecule has 2 aromatic rings. The van der Waals surface area contributed by atoms with Crippen LogP contribution in [0.4, 0.5) is 0 Å². The van der Waals surface area contributed by atoms with E-state index in [2.05, 4.69) is 0 Å². The lowest BCUT2D eigenvalue weighted by Crippen LogP contribution is -2.08. The van der Waals surface area contributed by atoms with E-state index in [-0.39, 0.29) is 11.7 Å². The van der Waals surface area contributed by atoms with Gasteiger partial charge in [-0.05, 0) is 19.9 Å². The van der Waals surface area contributed by atoms with Crippen molar-refractivity contribution in [3.63, 3.8) is 0 Å². The van der Waals surface area contributed by atoms with Crippen LogP contribution >= 0.6 is 0 Å². The summed E-state index contributed by atoms with van der Waals surface area (Å²) in [5.41, 5.74) is 0.799. The van der Waals surface area contributed by atoms with E-state index in [1.165, 1.54) is 6.07 Å². The topological polar surface area (TPSA) is 61.2 Å². The van der Waals surface area contributed by atoms with Crippen molar-refractivity contribution in [3.05, 3.63) is 34.2 Å². The summed E-state index contributed by atoms with van der Waals surface area (Å²) in [5.74, 6) is 1.25. The second-order valence-corrected chi connectivity index (χ2v) is 5.67. The lowest BCUT2D eigenvalue weighted by molar-refractivity contribution is 0.322. The van der Waals surface area contributed by atoms with Crippen LogP contribution in [0.25, 0.3) is 11.0 Å². The van der Waals surface area contributed by atoms with Gasteiger partial charge >= 0.3 is 5.63 Å². The minimum absolute atomic E-state index is 0.0912. The van der Waals surface area contributed by atoms with Crippen LogP contribution in [-0.2, 0) is 11.2 Å². The summed E-state index contributed by atoms with van der Waals surface area (Å²) in [5, 5.41) is 0.756. The van der Waals surface area contributed by atoms with Gasteiger partial charge in [0, 0.05) is 24.1 Å². The second kappa shape index (κ2) is 4.77. The SMILES string of the molecule is COc1cc(OC)c2ccc(=O)oc2c1C[C@H]1OC1(C)C. The number of methoxy groups -OCH3 is 2. The summed E-state index contributed by atoms with van der Waals surface area (Å²) in [7, 11) is 3.16. The summed E-state index contributed by atoms with van der Waals surface area (Å²) in [6.07, 6.45) is 0.720. The van der Waals surface area contributed by atoms with Crippen molar-refractivity contribution in [1.82, 2.24) is 0 Å². The molecule has 0 radical (unpaired) electrons. The first kappa shape index (κ1) is 13.9. The van der Waals surface area contributed by atoms with E-state index in [1.54, 1.807) is 20.3 Å². The van der Waals surface area contributed by atoms with Gasteiger partial charge in [0.15, 0.2) is 0 Å². The van der Waals surface area contributed by atoms with Gasteiger partial charge in [-0.3, -0.25) is 0 Å². The van der Waals surface area contributed by atoms with E-state index in [4.69, 9.17) is 18.6 Å². The zero-order valence-corrected chi connectivity index (χ0v) is 12.6. The Morgan fingerprint density at radius 2 is 1.86 bits per heavy atom. The number of fused-ring (bicyclic) bond motifs is 1. The van der Waals surface area contributed by atoms with Gasteiger partial charge in [-0.2, -0.15) is 0 Å². The van der Waals surface area contributed by atoms with Crippen LogP contribution in [0.15, 0.2) is 27.4 Å². The van der Waals surface area contributed by atoms with E-state index in [1.807, 2.05) is 19.9 Å². The fourth-order valence-corrected chi connectivity index (χ4v) is 2.58. The highest BCUT2D eigenvalue weighted by Crippen LogP contribution is 2.42. The lowest BCUT2D eigenvalue weighted by atomic mass is 9.99. The Labute approximate surface area is 122 Å². The number of ether oxygens (including phenoxy) is 3. The standard InChI is InChI=1S/C16H18O5/c1-16(2)13(21-16)7-10-12(19-4)8-11(18-3)9-5-6-14(17)20-15(9)10/h5-6,8,13H,7H2,1-4H3/t13-/m1/s1. The molecule has 1 aliphatic heterocycles. The Morgan fingerprint density at radius 1 is 1.19 bits per heavy atom. The van der Waals surface area contributed by atoms with Crippen molar-refractivity contribution in [2.24, 2.45) is 0 Å². The average Bonchev–Trinajstić information content (AvgIpc) is 3.06. The molecular formula is C16H18O5. The highest BCUT2D eigenvalue weighted by molar-refractivity contribution is 5.88. The van der Waals surface area contributed by atoms with Crippen LogP contribution < -0.4 is 15.1 Å². The van der Waals surface area contributed by atoms with Gasteiger partial charge < -0.3 is 18.6 Å². The predicted octanol–water partition coefficient (Wildman–Crippen LogP) is 2.53. The first-order chi connectivity index (χ1) is 9.96. The van der Waals surface area contributed by atoms with E-state index in [9.17, 15) is 4.79 Å². The molecule has 112 valence electrons. The molecule has 0 saturated carbocycles. The van der Waals surface area contributed by atoms with E-state index < -0.39 is 5.63 Å². The summed E-state index contributed by atoms with van der Waals surface area (Å²) in [6, 6.07) is 4.91. The van der Waals surface area contributed by atoms with Gasteiger partial charge in [-0.1, -0.05) is 0 Å². The maximum atomic E-state index is 11.6. The summed E-state index contributed by atoms with van der Waals surface area (Å²) in [4.78, 5) is 11.6. The molecule has 2 heterocycles. The quantitative estimate of drug-likeness (QED) is 0.639. The monoisotopic (exact) mass is 290 g/mol. The minimum atomic E-state index is -0.393. The molecule has 1 saturated heterocycles. The molecule has 1 aromatic heterocycles. The Morgan fingerprint density at radius 3 is 2.43 bits per heavy atom. The normalized spacial score (nSPS) is 19.5. The molecule has 21 heavy (non-hydrogen) atoms. The van der Waals surface area contributed by atoms with Gasteiger partial charge in [-0.25, -0.2) is 4.79 Å². The van der Waals surface area contributed by atoms with Crippen LogP contribution in [0.1, 0.15) is 19.4 Å². The van der Waals surface area contributed by atoms with Crippen LogP contribution in [-0.4, -0.2) is 25.9 Å². The summed E-state index contributed by atoms with van der Waals surface area (Å²) < 4.78 is 21.8. The Balaban J connectivity index is 2.20. The number of hydrogen-bond acceptors (Lipinski definition) is 5. The maximum absolute atomic E-state index is 11.6. The van der Waals surface area contributed by atoms with Gasteiger partial charge in [0.05, 0.1) is 31.3 Å². The molecule has 3 rings (SSSR count). The van der Waals surface area contributed by atoms with Gasteiger partial charge in [0.2, 0.25) is 0 Å². The van der Waals surface area contributed by atoms with Crippen molar-refractivity contribution < 1.29 is 18.6 Å². The molecule has 1 fully saturated rings. The van der Waals surface area contributed by atoms with Gasteiger partial charge in [-0.15, -0.1) is 0 Å². The molecule has 5 nitrogen and oxygen atoms in total. The Kier molecular flexibility index (Phi) is 3.17. The molecule has 1 aromatic carbocycles. The molecule has 0 N–H and O–H groups in total. The zero-order valence-electron chi connectivity index (χ0n) is 12.6. The molecule has 1 atom stereocenters. The second-order valence-electron chi connectivity index (χ2n) is 5.67. The van der Waals surface area contributed by atoms with Crippen molar-refractivity contribution in [2.45, 2.75) is 32.0 Å². The Bertz CT molecular complexity index is 744. The third kappa shape index (κ3) is 2.38. The number of rotatable bonds is 4. The third-order valence-electron chi connectivity index (χ3n) is 3.93.